The Morgan fingerprint density at radius 3 is 2.21 bits per heavy atom. The van der Waals surface area contributed by atoms with E-state index in [1.165, 1.54) is 23.3 Å². The first-order valence-electron chi connectivity index (χ1n) is 9.44. The second kappa shape index (κ2) is 11.1. The summed E-state index contributed by atoms with van der Waals surface area (Å²) in [4.78, 5) is 39.8. The second-order valence-electron chi connectivity index (χ2n) is 7.54. The van der Waals surface area contributed by atoms with Gasteiger partial charge in [0.1, 0.15) is 17.0 Å². The van der Waals surface area contributed by atoms with Crippen LogP contribution in [0.15, 0.2) is 6.07 Å². The van der Waals surface area contributed by atoms with Crippen molar-refractivity contribution in [3.8, 4) is 0 Å². The molecule has 0 aromatic carbocycles. The molecule has 1 heterocycles. The van der Waals surface area contributed by atoms with Gasteiger partial charge in [-0.15, -0.1) is 11.3 Å². The molecule has 28 heavy (non-hydrogen) atoms. The first kappa shape index (κ1) is 24.9. The molecular formula is C20H30INO5S. The van der Waals surface area contributed by atoms with Gasteiger partial charge in [0, 0.05) is 5.92 Å². The van der Waals surface area contributed by atoms with Crippen LogP contribution in [0.25, 0.3) is 0 Å². The number of nitrogens with zero attached hydrogens (tertiary/aromatic N) is 1. The number of anilines is 1. The number of hydrogen-bond acceptors (Lipinski definition) is 6. The Kier molecular flexibility index (Phi) is 9.89. The Bertz CT molecular complexity index is 689. The third-order valence-corrected chi connectivity index (χ3v) is 5.81. The SMILES string of the molecule is CCCC(CCC)C(=O)N(CC(=O)OC(C)(C)C)c1cc(I)sc1C(=O)OC. The molecule has 6 nitrogen and oxygen atoms in total. The van der Waals surface area contributed by atoms with E-state index in [4.69, 9.17) is 9.47 Å². The Hall–Kier alpha value is -1.16. The summed E-state index contributed by atoms with van der Waals surface area (Å²) in [5, 5.41) is 0. The summed E-state index contributed by atoms with van der Waals surface area (Å²) in [5.41, 5.74) is -0.249. The lowest BCUT2D eigenvalue weighted by Crippen LogP contribution is -2.42. The predicted molar refractivity (Wildman–Crippen MR) is 120 cm³/mol. The quantitative estimate of drug-likeness (QED) is 0.336. The number of thiophene rings is 1. The Morgan fingerprint density at radius 1 is 1.18 bits per heavy atom. The van der Waals surface area contributed by atoms with E-state index in [2.05, 4.69) is 22.6 Å². The van der Waals surface area contributed by atoms with Crippen LogP contribution in [-0.2, 0) is 19.1 Å². The topological polar surface area (TPSA) is 72.9 Å². The predicted octanol–water partition coefficient (Wildman–Crippen LogP) is 5.03. The van der Waals surface area contributed by atoms with Crippen molar-refractivity contribution < 1.29 is 23.9 Å². The molecule has 1 aromatic rings. The number of methoxy groups -OCH3 is 1. The maximum Gasteiger partial charge on any atom is 0.350 e. The molecule has 0 aliphatic carbocycles. The highest BCUT2D eigenvalue weighted by molar-refractivity contribution is 14.1. The summed E-state index contributed by atoms with van der Waals surface area (Å²) < 4.78 is 11.1. The number of carbonyl (C=O) groups excluding carboxylic acids is 3. The minimum atomic E-state index is -0.660. The van der Waals surface area contributed by atoms with Crippen LogP contribution < -0.4 is 4.90 Å². The van der Waals surface area contributed by atoms with Crippen LogP contribution >= 0.6 is 33.9 Å². The van der Waals surface area contributed by atoms with Gasteiger partial charge in [-0.1, -0.05) is 26.7 Å². The molecule has 0 atom stereocenters. The van der Waals surface area contributed by atoms with Gasteiger partial charge in [-0.3, -0.25) is 14.5 Å². The highest BCUT2D eigenvalue weighted by Gasteiger charge is 2.32. The fraction of sp³-hybridized carbons (Fsp3) is 0.650. The summed E-state index contributed by atoms with van der Waals surface area (Å²) in [6, 6.07) is 1.74. The van der Waals surface area contributed by atoms with Crippen molar-refractivity contribution in [1.82, 2.24) is 0 Å². The minimum Gasteiger partial charge on any atom is -0.465 e. The molecule has 0 aliphatic heterocycles. The summed E-state index contributed by atoms with van der Waals surface area (Å²) in [5.74, 6) is -1.40. The Labute approximate surface area is 185 Å². The molecule has 0 fully saturated rings. The molecular weight excluding hydrogens is 493 g/mol. The minimum absolute atomic E-state index is 0.158. The van der Waals surface area contributed by atoms with Crippen LogP contribution in [0, 0.1) is 8.80 Å². The lowest BCUT2D eigenvalue weighted by molar-refractivity contribution is -0.153. The van der Waals surface area contributed by atoms with Gasteiger partial charge in [0.15, 0.2) is 0 Å². The second-order valence-corrected chi connectivity index (χ2v) is 10.5. The highest BCUT2D eigenvalue weighted by atomic mass is 127. The zero-order chi connectivity index (χ0) is 21.5. The molecule has 0 radical (unpaired) electrons. The first-order chi connectivity index (χ1) is 13.0. The van der Waals surface area contributed by atoms with Crippen LogP contribution in [0.5, 0.6) is 0 Å². The lowest BCUT2D eigenvalue weighted by atomic mass is 9.96. The van der Waals surface area contributed by atoms with Gasteiger partial charge in [-0.25, -0.2) is 4.79 Å². The van der Waals surface area contributed by atoms with Crippen molar-refractivity contribution in [2.75, 3.05) is 18.6 Å². The molecule has 1 amide bonds. The van der Waals surface area contributed by atoms with E-state index in [9.17, 15) is 14.4 Å². The zero-order valence-electron chi connectivity index (χ0n) is 17.5. The van der Waals surface area contributed by atoms with Gasteiger partial charge < -0.3 is 9.47 Å². The van der Waals surface area contributed by atoms with Gasteiger partial charge >= 0.3 is 11.9 Å². The third-order valence-electron chi connectivity index (χ3n) is 3.94. The third kappa shape index (κ3) is 7.35. The Morgan fingerprint density at radius 2 is 1.75 bits per heavy atom. The van der Waals surface area contributed by atoms with Crippen LogP contribution in [0.2, 0.25) is 0 Å². The average Bonchev–Trinajstić information content (AvgIpc) is 2.98. The van der Waals surface area contributed by atoms with Crippen LogP contribution in [-0.4, -0.2) is 37.1 Å². The largest absolute Gasteiger partial charge is 0.465 e. The monoisotopic (exact) mass is 523 g/mol. The smallest absolute Gasteiger partial charge is 0.350 e. The lowest BCUT2D eigenvalue weighted by Gasteiger charge is -2.28. The molecule has 0 bridgehead atoms. The molecule has 8 heteroatoms. The van der Waals surface area contributed by atoms with Crippen LogP contribution in [0.1, 0.15) is 70.0 Å². The summed E-state index contributed by atoms with van der Waals surface area (Å²) in [6.45, 7) is 9.16. The molecule has 0 unspecified atom stereocenters. The normalized spacial score (nSPS) is 11.4. The number of halogens is 1. The van der Waals surface area contributed by atoms with E-state index in [0.29, 0.717) is 10.6 Å². The molecule has 158 valence electrons. The highest BCUT2D eigenvalue weighted by Crippen LogP contribution is 2.34. The maximum atomic E-state index is 13.4. The number of esters is 2. The van der Waals surface area contributed by atoms with E-state index in [1.807, 2.05) is 13.8 Å². The number of amides is 1. The van der Waals surface area contributed by atoms with Crippen molar-refractivity contribution in [1.29, 1.82) is 0 Å². The molecule has 0 N–H and O–H groups in total. The van der Waals surface area contributed by atoms with E-state index >= 15 is 0 Å². The fourth-order valence-electron chi connectivity index (χ4n) is 2.88. The van der Waals surface area contributed by atoms with Gasteiger partial charge in [-0.2, -0.15) is 0 Å². The van der Waals surface area contributed by atoms with E-state index < -0.39 is 17.5 Å². The molecule has 1 aromatic heterocycles. The van der Waals surface area contributed by atoms with Crippen LogP contribution in [0.4, 0.5) is 5.69 Å². The number of ether oxygens (including phenoxy) is 2. The van der Waals surface area contributed by atoms with Gasteiger partial charge in [0.2, 0.25) is 5.91 Å². The summed E-state index contributed by atoms with van der Waals surface area (Å²) >= 11 is 3.33. The van der Waals surface area contributed by atoms with Gasteiger partial charge in [0.25, 0.3) is 0 Å². The van der Waals surface area contributed by atoms with E-state index in [1.54, 1.807) is 26.8 Å². The molecule has 0 saturated carbocycles. The molecule has 0 aliphatic rings. The van der Waals surface area contributed by atoms with Crippen molar-refractivity contribution in [2.24, 2.45) is 5.92 Å². The fourth-order valence-corrected chi connectivity index (χ4v) is 4.65. The van der Waals surface area contributed by atoms with Crippen LogP contribution in [0.3, 0.4) is 0 Å². The van der Waals surface area contributed by atoms with Gasteiger partial charge in [0.05, 0.1) is 15.7 Å². The van der Waals surface area contributed by atoms with Crippen molar-refractivity contribution in [3.63, 3.8) is 0 Å². The van der Waals surface area contributed by atoms with E-state index in [-0.39, 0.29) is 18.4 Å². The van der Waals surface area contributed by atoms with Crippen molar-refractivity contribution in [2.45, 2.75) is 65.9 Å². The molecule has 0 spiro atoms. The number of hydrogen-bond donors (Lipinski definition) is 0. The standard InChI is InChI=1S/C20H30INO5S/c1-7-9-13(10-8-2)18(24)22(12-16(23)27-20(3,4)5)14-11-15(21)28-17(14)19(25)26-6/h11,13H,7-10,12H2,1-6H3. The Balaban J connectivity index is 3.34. The maximum absolute atomic E-state index is 13.4. The first-order valence-corrected chi connectivity index (χ1v) is 11.3. The number of rotatable bonds is 9. The van der Waals surface area contributed by atoms with E-state index in [0.717, 1.165) is 28.6 Å². The van der Waals surface area contributed by atoms with Crippen molar-refractivity contribution >= 4 is 57.5 Å². The zero-order valence-corrected chi connectivity index (χ0v) is 20.4. The molecule has 1 rings (SSSR count). The summed E-state index contributed by atoms with van der Waals surface area (Å²) in [6.07, 6.45) is 3.18. The molecule has 0 saturated heterocycles. The number of carbonyl (C=O) groups is 3. The summed E-state index contributed by atoms with van der Waals surface area (Å²) in [7, 11) is 1.30. The van der Waals surface area contributed by atoms with Crippen molar-refractivity contribution in [3.05, 3.63) is 13.8 Å². The average molecular weight is 523 g/mol. The van der Waals surface area contributed by atoms with Gasteiger partial charge in [-0.05, 0) is 62.3 Å².